The van der Waals surface area contributed by atoms with E-state index < -0.39 is 0 Å². The number of likely N-dealkylation sites (N-methyl/N-ethyl adjacent to an activating group) is 1. The normalized spacial score (nSPS) is 10.7. The predicted molar refractivity (Wildman–Crippen MR) is 87.7 cm³/mol. The van der Waals surface area contributed by atoms with Gasteiger partial charge in [-0.2, -0.15) is 0 Å². The molecular formula is C18H20N2O. The van der Waals surface area contributed by atoms with Gasteiger partial charge in [-0.3, -0.25) is 4.79 Å². The molecule has 3 nitrogen and oxygen atoms in total. The number of carbonyl (C=O) groups excluding carboxylic acids is 1. The topological polar surface area (TPSA) is 46.3 Å². The van der Waals surface area contributed by atoms with Gasteiger partial charge in [0.05, 0.1) is 0 Å². The number of nitrogens with zero attached hydrogens (tertiary/aromatic N) is 1. The smallest absolute Gasteiger partial charge is 0.246 e. The van der Waals surface area contributed by atoms with Crippen molar-refractivity contribution in [1.29, 1.82) is 0 Å². The molecule has 0 aromatic heterocycles. The van der Waals surface area contributed by atoms with E-state index in [0.29, 0.717) is 6.54 Å². The lowest BCUT2D eigenvalue weighted by atomic mass is 10.1. The van der Waals surface area contributed by atoms with Gasteiger partial charge in [-0.15, -0.1) is 0 Å². The van der Waals surface area contributed by atoms with E-state index in [2.05, 4.69) is 12.1 Å². The van der Waals surface area contributed by atoms with Crippen molar-refractivity contribution in [2.45, 2.75) is 6.42 Å². The molecule has 2 aromatic rings. The van der Waals surface area contributed by atoms with Crippen molar-refractivity contribution >= 4 is 17.7 Å². The molecule has 0 heterocycles. The summed E-state index contributed by atoms with van der Waals surface area (Å²) in [5.74, 6) is 0.00255. The molecule has 0 atom stereocenters. The molecule has 2 aromatic carbocycles. The Morgan fingerprint density at radius 3 is 2.43 bits per heavy atom. The minimum atomic E-state index is 0.00255. The molecule has 0 bridgehead atoms. The minimum absolute atomic E-state index is 0.00255. The molecule has 1 amide bonds. The molecule has 0 aliphatic heterocycles. The maximum atomic E-state index is 12.0. The van der Waals surface area contributed by atoms with Crippen LogP contribution in [0.25, 0.3) is 6.08 Å². The Hall–Kier alpha value is -2.55. The first-order chi connectivity index (χ1) is 10.1. The second-order valence-corrected chi connectivity index (χ2v) is 5.00. The van der Waals surface area contributed by atoms with E-state index in [1.54, 1.807) is 17.1 Å². The van der Waals surface area contributed by atoms with Crippen LogP contribution in [0.1, 0.15) is 11.1 Å². The van der Waals surface area contributed by atoms with Crippen LogP contribution < -0.4 is 5.73 Å². The van der Waals surface area contributed by atoms with Gasteiger partial charge < -0.3 is 10.6 Å². The van der Waals surface area contributed by atoms with Gasteiger partial charge in [0, 0.05) is 25.4 Å². The second-order valence-electron chi connectivity index (χ2n) is 5.00. The van der Waals surface area contributed by atoms with Crippen LogP contribution in [-0.2, 0) is 11.2 Å². The van der Waals surface area contributed by atoms with Gasteiger partial charge in [0.2, 0.25) is 5.91 Å². The number of carbonyl (C=O) groups is 1. The number of nitrogen functional groups attached to an aromatic ring is 1. The van der Waals surface area contributed by atoms with Gasteiger partial charge in [0.15, 0.2) is 0 Å². The summed E-state index contributed by atoms with van der Waals surface area (Å²) in [7, 11) is 1.82. The summed E-state index contributed by atoms with van der Waals surface area (Å²) in [6.07, 6.45) is 4.26. The van der Waals surface area contributed by atoms with Crippen molar-refractivity contribution in [3.05, 3.63) is 71.8 Å². The SMILES string of the molecule is CN(CCc1ccccc1)C(=O)/C=C/c1ccc(N)cc1. The molecule has 3 heteroatoms. The molecule has 0 aliphatic carbocycles. The summed E-state index contributed by atoms with van der Waals surface area (Å²) in [6.45, 7) is 0.703. The molecule has 0 spiro atoms. The number of rotatable bonds is 5. The Morgan fingerprint density at radius 1 is 1.10 bits per heavy atom. The summed E-state index contributed by atoms with van der Waals surface area (Å²) in [6, 6.07) is 17.6. The Morgan fingerprint density at radius 2 is 1.76 bits per heavy atom. The van der Waals surface area contributed by atoms with Crippen molar-refractivity contribution in [3.63, 3.8) is 0 Å². The lowest BCUT2D eigenvalue weighted by molar-refractivity contribution is -0.124. The van der Waals surface area contributed by atoms with Crippen LogP contribution in [0.2, 0.25) is 0 Å². The second kappa shape index (κ2) is 7.29. The molecule has 0 radical (unpaired) electrons. The summed E-state index contributed by atoms with van der Waals surface area (Å²) < 4.78 is 0. The van der Waals surface area contributed by atoms with Crippen LogP contribution in [0, 0.1) is 0 Å². The van der Waals surface area contributed by atoms with Gasteiger partial charge in [-0.25, -0.2) is 0 Å². The molecule has 0 saturated carbocycles. The first-order valence-electron chi connectivity index (χ1n) is 6.98. The fourth-order valence-electron chi connectivity index (χ4n) is 1.95. The zero-order valence-corrected chi connectivity index (χ0v) is 12.2. The number of benzene rings is 2. The number of nitrogens with two attached hydrogens (primary N) is 1. The monoisotopic (exact) mass is 280 g/mol. The van der Waals surface area contributed by atoms with Crippen LogP contribution in [0.5, 0.6) is 0 Å². The summed E-state index contributed by atoms with van der Waals surface area (Å²) in [5, 5.41) is 0. The van der Waals surface area contributed by atoms with Crippen molar-refractivity contribution in [3.8, 4) is 0 Å². The summed E-state index contributed by atoms with van der Waals surface area (Å²) in [4.78, 5) is 13.7. The van der Waals surface area contributed by atoms with Gasteiger partial charge in [0.25, 0.3) is 0 Å². The Kier molecular flexibility index (Phi) is 5.16. The number of amides is 1. The largest absolute Gasteiger partial charge is 0.399 e. The maximum absolute atomic E-state index is 12.0. The molecule has 0 aliphatic rings. The van der Waals surface area contributed by atoms with Gasteiger partial charge in [-0.1, -0.05) is 42.5 Å². The fourth-order valence-corrected chi connectivity index (χ4v) is 1.95. The van der Waals surface area contributed by atoms with E-state index in [-0.39, 0.29) is 5.91 Å². The average molecular weight is 280 g/mol. The maximum Gasteiger partial charge on any atom is 0.246 e. The first-order valence-corrected chi connectivity index (χ1v) is 6.98. The van der Waals surface area contributed by atoms with E-state index >= 15 is 0 Å². The van der Waals surface area contributed by atoms with E-state index in [1.807, 2.05) is 49.5 Å². The number of anilines is 1. The van der Waals surface area contributed by atoms with E-state index in [4.69, 9.17) is 5.73 Å². The Balaban J connectivity index is 1.86. The lowest BCUT2D eigenvalue weighted by Gasteiger charge is -2.14. The molecule has 0 saturated heterocycles. The first kappa shape index (κ1) is 14.9. The highest BCUT2D eigenvalue weighted by atomic mass is 16.2. The highest BCUT2D eigenvalue weighted by molar-refractivity contribution is 5.91. The molecule has 21 heavy (non-hydrogen) atoms. The summed E-state index contributed by atoms with van der Waals surface area (Å²) >= 11 is 0. The Bertz CT molecular complexity index is 603. The molecule has 0 fully saturated rings. The highest BCUT2D eigenvalue weighted by Gasteiger charge is 2.04. The predicted octanol–water partition coefficient (Wildman–Crippen LogP) is 2.98. The highest BCUT2D eigenvalue weighted by Crippen LogP contribution is 2.07. The van der Waals surface area contributed by atoms with Crippen molar-refractivity contribution < 1.29 is 4.79 Å². The minimum Gasteiger partial charge on any atom is -0.399 e. The number of hydrogen-bond donors (Lipinski definition) is 1. The average Bonchev–Trinajstić information content (AvgIpc) is 2.52. The van der Waals surface area contributed by atoms with Crippen LogP contribution in [-0.4, -0.2) is 24.4 Å². The standard InChI is InChI=1S/C18H20N2O/c1-20(14-13-15-5-3-2-4-6-15)18(21)12-9-16-7-10-17(19)11-8-16/h2-12H,13-14,19H2,1H3/b12-9+. The zero-order chi connectivity index (χ0) is 15.1. The van der Waals surface area contributed by atoms with Crippen LogP contribution >= 0.6 is 0 Å². The summed E-state index contributed by atoms with van der Waals surface area (Å²) in [5.41, 5.74) is 8.55. The fraction of sp³-hybridized carbons (Fsp3) is 0.167. The van der Waals surface area contributed by atoms with Gasteiger partial charge in [-0.05, 0) is 35.8 Å². The van der Waals surface area contributed by atoms with Crippen molar-refractivity contribution in [2.24, 2.45) is 0 Å². The molecule has 0 unspecified atom stereocenters. The van der Waals surface area contributed by atoms with E-state index in [9.17, 15) is 4.79 Å². The molecule has 108 valence electrons. The van der Waals surface area contributed by atoms with Gasteiger partial charge >= 0.3 is 0 Å². The van der Waals surface area contributed by atoms with E-state index in [1.165, 1.54) is 5.56 Å². The van der Waals surface area contributed by atoms with Gasteiger partial charge in [0.1, 0.15) is 0 Å². The lowest BCUT2D eigenvalue weighted by Crippen LogP contribution is -2.27. The third-order valence-electron chi connectivity index (χ3n) is 3.31. The third-order valence-corrected chi connectivity index (χ3v) is 3.31. The molecular weight excluding hydrogens is 260 g/mol. The van der Waals surface area contributed by atoms with Crippen LogP contribution in [0.4, 0.5) is 5.69 Å². The molecule has 2 N–H and O–H groups in total. The van der Waals surface area contributed by atoms with Crippen molar-refractivity contribution in [2.75, 3.05) is 19.3 Å². The van der Waals surface area contributed by atoms with Crippen LogP contribution in [0.15, 0.2) is 60.7 Å². The Labute approximate surface area is 125 Å². The van der Waals surface area contributed by atoms with Crippen molar-refractivity contribution in [1.82, 2.24) is 4.90 Å². The zero-order valence-electron chi connectivity index (χ0n) is 12.2. The van der Waals surface area contributed by atoms with E-state index in [0.717, 1.165) is 17.7 Å². The number of hydrogen-bond acceptors (Lipinski definition) is 2. The van der Waals surface area contributed by atoms with Crippen LogP contribution in [0.3, 0.4) is 0 Å². The molecule has 2 rings (SSSR count). The third kappa shape index (κ3) is 4.80. The quantitative estimate of drug-likeness (QED) is 0.676.